The van der Waals surface area contributed by atoms with Gasteiger partial charge in [-0.05, 0) is 25.0 Å². The van der Waals surface area contributed by atoms with Crippen molar-refractivity contribution >= 4 is 23.4 Å². The lowest BCUT2D eigenvalue weighted by Gasteiger charge is -2.19. The van der Waals surface area contributed by atoms with Crippen molar-refractivity contribution in [2.75, 3.05) is 24.3 Å². The number of urea groups is 1. The highest BCUT2D eigenvalue weighted by Crippen LogP contribution is 2.35. The van der Waals surface area contributed by atoms with E-state index < -0.39 is 17.5 Å². The van der Waals surface area contributed by atoms with Crippen LogP contribution in [0.3, 0.4) is 0 Å². The zero-order valence-electron chi connectivity index (χ0n) is 10.9. The summed E-state index contributed by atoms with van der Waals surface area (Å²) in [5.41, 5.74) is 0.431. The number of benzene rings is 1. The van der Waals surface area contributed by atoms with Crippen LogP contribution in [-0.4, -0.2) is 36.7 Å². The van der Waals surface area contributed by atoms with Crippen LogP contribution in [-0.2, 0) is 4.79 Å². The predicted octanol–water partition coefficient (Wildman–Crippen LogP) is 1.49. The Kier molecular flexibility index (Phi) is 3.33. The zero-order valence-corrected chi connectivity index (χ0v) is 10.9. The van der Waals surface area contributed by atoms with E-state index in [4.69, 9.17) is 5.11 Å². The highest BCUT2D eigenvalue weighted by atomic mass is 16.4. The molecule has 0 unspecified atom stereocenters. The molecule has 0 aromatic heterocycles. The minimum atomic E-state index is -1.07. The van der Waals surface area contributed by atoms with Crippen LogP contribution < -0.4 is 15.5 Å². The molecule has 1 aliphatic carbocycles. The molecule has 19 heavy (non-hydrogen) atoms. The molecule has 1 aromatic rings. The molecule has 1 aromatic carbocycles. The number of rotatable bonds is 4. The third kappa shape index (κ3) is 2.78. The lowest BCUT2D eigenvalue weighted by atomic mass is 10.2. The zero-order chi connectivity index (χ0) is 14.0. The first-order chi connectivity index (χ1) is 8.94. The normalized spacial score (nSPS) is 15.5. The molecule has 0 saturated heterocycles. The number of hydrogen-bond donors (Lipinski definition) is 3. The second-order valence-electron chi connectivity index (χ2n) is 4.88. The van der Waals surface area contributed by atoms with Crippen LogP contribution in [0.1, 0.15) is 12.8 Å². The third-order valence-electron chi connectivity index (χ3n) is 3.15. The van der Waals surface area contributed by atoms with Gasteiger partial charge in [-0.15, -0.1) is 0 Å². The SMILES string of the molecule is CN(C)c1ccccc1NC(=O)NC1(C(=O)O)CC1. The van der Waals surface area contributed by atoms with E-state index in [1.807, 2.05) is 37.2 Å². The number of anilines is 2. The molecule has 2 amide bonds. The summed E-state index contributed by atoms with van der Waals surface area (Å²) in [5, 5.41) is 14.2. The van der Waals surface area contributed by atoms with Gasteiger partial charge in [-0.1, -0.05) is 12.1 Å². The van der Waals surface area contributed by atoms with Crippen LogP contribution in [0.25, 0.3) is 0 Å². The topological polar surface area (TPSA) is 81.7 Å². The Morgan fingerprint density at radius 3 is 2.42 bits per heavy atom. The van der Waals surface area contributed by atoms with Crippen molar-refractivity contribution in [2.24, 2.45) is 0 Å². The number of hydrogen-bond acceptors (Lipinski definition) is 3. The van der Waals surface area contributed by atoms with Crippen LogP contribution in [0.2, 0.25) is 0 Å². The van der Waals surface area contributed by atoms with Crippen LogP contribution in [0.5, 0.6) is 0 Å². The van der Waals surface area contributed by atoms with Crippen LogP contribution in [0, 0.1) is 0 Å². The van der Waals surface area contributed by atoms with Gasteiger partial charge in [-0.25, -0.2) is 9.59 Å². The summed E-state index contributed by atoms with van der Waals surface area (Å²) in [6.07, 6.45) is 0.955. The molecule has 0 heterocycles. The summed E-state index contributed by atoms with van der Waals surface area (Å²) in [6, 6.07) is 6.84. The fourth-order valence-corrected chi connectivity index (χ4v) is 1.86. The molecule has 1 saturated carbocycles. The van der Waals surface area contributed by atoms with Gasteiger partial charge < -0.3 is 20.6 Å². The predicted molar refractivity (Wildman–Crippen MR) is 72.5 cm³/mol. The van der Waals surface area contributed by atoms with Crippen molar-refractivity contribution in [1.29, 1.82) is 0 Å². The smallest absolute Gasteiger partial charge is 0.329 e. The molecule has 1 fully saturated rings. The summed E-state index contributed by atoms with van der Waals surface area (Å²) in [4.78, 5) is 24.7. The second kappa shape index (κ2) is 4.79. The van der Waals surface area contributed by atoms with Gasteiger partial charge in [-0.2, -0.15) is 0 Å². The molecular weight excluding hydrogens is 246 g/mol. The number of carboxylic acid groups (broad SMARTS) is 1. The fourth-order valence-electron chi connectivity index (χ4n) is 1.86. The van der Waals surface area contributed by atoms with Crippen molar-refractivity contribution in [3.63, 3.8) is 0 Å². The van der Waals surface area contributed by atoms with E-state index >= 15 is 0 Å². The molecule has 0 radical (unpaired) electrons. The molecule has 0 bridgehead atoms. The van der Waals surface area contributed by atoms with E-state index in [1.54, 1.807) is 6.07 Å². The van der Waals surface area contributed by atoms with Crippen molar-refractivity contribution in [3.05, 3.63) is 24.3 Å². The molecule has 102 valence electrons. The first-order valence-electron chi connectivity index (χ1n) is 6.03. The Labute approximate surface area is 111 Å². The summed E-state index contributed by atoms with van der Waals surface area (Å²) in [5.74, 6) is -0.983. The van der Waals surface area contributed by atoms with E-state index in [2.05, 4.69) is 10.6 Å². The van der Waals surface area contributed by atoms with Gasteiger partial charge >= 0.3 is 12.0 Å². The van der Waals surface area contributed by atoms with Gasteiger partial charge in [0, 0.05) is 14.1 Å². The Morgan fingerprint density at radius 2 is 1.89 bits per heavy atom. The molecule has 6 nitrogen and oxygen atoms in total. The lowest BCUT2D eigenvalue weighted by Crippen LogP contribution is -2.45. The Bertz CT molecular complexity index is 510. The highest BCUT2D eigenvalue weighted by Gasteiger charge is 2.51. The number of carbonyl (C=O) groups is 2. The van der Waals surface area contributed by atoms with Crippen LogP contribution >= 0.6 is 0 Å². The van der Waals surface area contributed by atoms with Crippen molar-refractivity contribution in [2.45, 2.75) is 18.4 Å². The van der Waals surface area contributed by atoms with E-state index in [1.165, 1.54) is 0 Å². The maximum atomic E-state index is 11.8. The lowest BCUT2D eigenvalue weighted by molar-refractivity contribution is -0.140. The minimum absolute atomic E-state index is 0.477. The van der Waals surface area contributed by atoms with Crippen molar-refractivity contribution in [3.8, 4) is 0 Å². The number of amides is 2. The van der Waals surface area contributed by atoms with E-state index in [0.717, 1.165) is 5.69 Å². The molecule has 6 heteroatoms. The number of para-hydroxylation sites is 2. The summed E-state index contributed by atoms with van der Waals surface area (Å²) in [6.45, 7) is 0. The number of carbonyl (C=O) groups excluding carboxylic acids is 1. The first-order valence-corrected chi connectivity index (χ1v) is 6.03. The standard InChI is InChI=1S/C13H17N3O3/c1-16(2)10-6-4-3-5-9(10)14-12(19)15-13(7-8-13)11(17)18/h3-6H,7-8H2,1-2H3,(H,17,18)(H2,14,15,19). The quantitative estimate of drug-likeness (QED) is 0.768. The molecule has 0 aliphatic heterocycles. The second-order valence-corrected chi connectivity index (χ2v) is 4.88. The molecular formula is C13H17N3O3. The summed E-state index contributed by atoms with van der Waals surface area (Å²) >= 11 is 0. The van der Waals surface area contributed by atoms with Gasteiger partial charge in [-0.3, -0.25) is 0 Å². The van der Waals surface area contributed by atoms with Crippen LogP contribution in [0.4, 0.5) is 16.2 Å². The maximum Gasteiger partial charge on any atom is 0.329 e. The fraction of sp³-hybridized carbons (Fsp3) is 0.385. The van der Waals surface area contributed by atoms with E-state index in [0.29, 0.717) is 18.5 Å². The number of nitrogens with one attached hydrogen (secondary N) is 2. The first kappa shape index (κ1) is 13.2. The van der Waals surface area contributed by atoms with Gasteiger partial charge in [0.2, 0.25) is 0 Å². The monoisotopic (exact) mass is 263 g/mol. The van der Waals surface area contributed by atoms with Crippen molar-refractivity contribution in [1.82, 2.24) is 5.32 Å². The summed E-state index contributed by atoms with van der Waals surface area (Å²) < 4.78 is 0. The maximum absolute atomic E-state index is 11.8. The highest BCUT2D eigenvalue weighted by molar-refractivity contribution is 5.97. The van der Waals surface area contributed by atoms with E-state index in [-0.39, 0.29) is 0 Å². The van der Waals surface area contributed by atoms with Gasteiger partial charge in [0.05, 0.1) is 11.4 Å². The number of aliphatic carboxylic acids is 1. The number of nitrogens with zero attached hydrogens (tertiary/aromatic N) is 1. The van der Waals surface area contributed by atoms with Gasteiger partial charge in [0.15, 0.2) is 0 Å². The molecule has 0 atom stereocenters. The minimum Gasteiger partial charge on any atom is -0.480 e. The number of carboxylic acids is 1. The largest absolute Gasteiger partial charge is 0.480 e. The Morgan fingerprint density at radius 1 is 1.26 bits per heavy atom. The molecule has 2 rings (SSSR count). The average Bonchev–Trinajstić information content (AvgIpc) is 3.10. The van der Waals surface area contributed by atoms with E-state index in [9.17, 15) is 9.59 Å². The van der Waals surface area contributed by atoms with Crippen molar-refractivity contribution < 1.29 is 14.7 Å². The average molecular weight is 263 g/mol. The summed E-state index contributed by atoms with van der Waals surface area (Å²) in [7, 11) is 3.75. The van der Waals surface area contributed by atoms with Crippen LogP contribution in [0.15, 0.2) is 24.3 Å². The Hall–Kier alpha value is -2.24. The molecule has 1 aliphatic rings. The Balaban J connectivity index is 2.06. The molecule has 3 N–H and O–H groups in total. The third-order valence-corrected chi connectivity index (χ3v) is 3.15. The van der Waals surface area contributed by atoms with Gasteiger partial charge in [0.1, 0.15) is 5.54 Å². The molecule has 0 spiro atoms. The van der Waals surface area contributed by atoms with Gasteiger partial charge in [0.25, 0.3) is 0 Å².